The highest BCUT2D eigenvalue weighted by Crippen LogP contribution is 2.23. The van der Waals surface area contributed by atoms with Crippen LogP contribution >= 0.6 is 0 Å². The molecule has 3 rings (SSSR count). The number of fused-ring (bicyclic) bond motifs is 1. The van der Waals surface area contributed by atoms with Gasteiger partial charge in [-0.25, -0.2) is 9.97 Å². The third kappa shape index (κ3) is 2.44. The number of aromatic nitrogens is 4. The number of nitrogens with two attached hydrogens (primary N) is 2. The fourth-order valence-electron chi connectivity index (χ4n) is 2.46. The zero-order chi connectivity index (χ0) is 15.0. The topological polar surface area (TPSA) is 124 Å². The highest BCUT2D eigenvalue weighted by molar-refractivity contribution is 5.99. The van der Waals surface area contributed by atoms with Crippen molar-refractivity contribution in [3.63, 3.8) is 0 Å². The minimum Gasteiger partial charge on any atom is -0.382 e. The Morgan fingerprint density at radius 1 is 1.00 bits per heavy atom. The third-order valence-electron chi connectivity index (χ3n) is 3.55. The van der Waals surface area contributed by atoms with Crippen LogP contribution in [-0.2, 0) is 0 Å². The molecule has 1 fully saturated rings. The van der Waals surface area contributed by atoms with Gasteiger partial charge in [0.05, 0.1) is 0 Å². The van der Waals surface area contributed by atoms with Gasteiger partial charge in [-0.05, 0) is 19.3 Å². The standard InChI is InChI=1S/C13H17N7O/c1-7(21)8-10(14)17-12-9(16-8)11(15)18-13(19-12)20-5-3-2-4-6-20/h2-6H2,1H3,(H4,14,15,17,18,19). The van der Waals surface area contributed by atoms with Crippen molar-refractivity contribution < 1.29 is 4.79 Å². The Labute approximate surface area is 121 Å². The van der Waals surface area contributed by atoms with Crippen LogP contribution in [0.25, 0.3) is 11.2 Å². The number of rotatable bonds is 2. The Morgan fingerprint density at radius 3 is 2.38 bits per heavy atom. The Balaban J connectivity index is 2.11. The summed E-state index contributed by atoms with van der Waals surface area (Å²) < 4.78 is 0. The maximum absolute atomic E-state index is 11.5. The summed E-state index contributed by atoms with van der Waals surface area (Å²) in [5, 5.41) is 0. The predicted octanol–water partition coefficient (Wildman–Crippen LogP) is 0.777. The number of piperidine rings is 1. The zero-order valence-corrected chi connectivity index (χ0v) is 11.8. The number of ketones is 1. The van der Waals surface area contributed by atoms with Crippen LogP contribution in [0.3, 0.4) is 0 Å². The molecule has 0 radical (unpaired) electrons. The van der Waals surface area contributed by atoms with Gasteiger partial charge < -0.3 is 16.4 Å². The SMILES string of the molecule is CC(=O)c1nc2c(N)nc(N3CCCCC3)nc2nc1N. The summed E-state index contributed by atoms with van der Waals surface area (Å²) in [5.41, 5.74) is 12.4. The van der Waals surface area contributed by atoms with Crippen LogP contribution < -0.4 is 16.4 Å². The van der Waals surface area contributed by atoms with E-state index in [1.807, 2.05) is 0 Å². The van der Waals surface area contributed by atoms with Gasteiger partial charge in [0, 0.05) is 20.0 Å². The molecule has 2 aromatic rings. The number of nitrogen functional groups attached to an aromatic ring is 2. The van der Waals surface area contributed by atoms with Gasteiger partial charge in [-0.3, -0.25) is 4.79 Å². The van der Waals surface area contributed by atoms with Crippen molar-refractivity contribution in [3.05, 3.63) is 5.69 Å². The van der Waals surface area contributed by atoms with E-state index in [0.29, 0.717) is 17.1 Å². The van der Waals surface area contributed by atoms with Crippen LogP contribution in [0, 0.1) is 0 Å². The number of anilines is 3. The Morgan fingerprint density at radius 2 is 1.71 bits per heavy atom. The van der Waals surface area contributed by atoms with Crippen molar-refractivity contribution in [2.45, 2.75) is 26.2 Å². The van der Waals surface area contributed by atoms with E-state index in [9.17, 15) is 4.79 Å². The van der Waals surface area contributed by atoms with Crippen LogP contribution in [0.1, 0.15) is 36.7 Å². The van der Waals surface area contributed by atoms with E-state index < -0.39 is 0 Å². The molecule has 0 atom stereocenters. The van der Waals surface area contributed by atoms with Crippen molar-refractivity contribution in [2.75, 3.05) is 29.5 Å². The van der Waals surface area contributed by atoms with Gasteiger partial charge in [-0.15, -0.1) is 0 Å². The smallest absolute Gasteiger partial charge is 0.229 e. The summed E-state index contributed by atoms with van der Waals surface area (Å²) in [6.07, 6.45) is 3.44. The summed E-state index contributed by atoms with van der Waals surface area (Å²) in [7, 11) is 0. The molecule has 0 unspecified atom stereocenters. The highest BCUT2D eigenvalue weighted by Gasteiger charge is 2.18. The first-order valence-corrected chi connectivity index (χ1v) is 6.93. The number of nitrogens with zero attached hydrogens (tertiary/aromatic N) is 5. The van der Waals surface area contributed by atoms with Crippen LogP contribution in [-0.4, -0.2) is 38.8 Å². The van der Waals surface area contributed by atoms with Crippen LogP contribution in [0.2, 0.25) is 0 Å². The molecule has 2 aromatic heterocycles. The molecule has 0 bridgehead atoms. The maximum atomic E-state index is 11.5. The summed E-state index contributed by atoms with van der Waals surface area (Å²) in [4.78, 5) is 30.5. The van der Waals surface area contributed by atoms with E-state index in [4.69, 9.17) is 11.5 Å². The van der Waals surface area contributed by atoms with Gasteiger partial charge in [0.2, 0.25) is 5.95 Å². The molecule has 0 amide bonds. The molecule has 0 aliphatic carbocycles. The predicted molar refractivity (Wildman–Crippen MR) is 80.0 cm³/mol. The van der Waals surface area contributed by atoms with Crippen molar-refractivity contribution in [3.8, 4) is 0 Å². The molecule has 8 heteroatoms. The normalized spacial score (nSPS) is 15.4. The second-order valence-corrected chi connectivity index (χ2v) is 5.14. The molecule has 21 heavy (non-hydrogen) atoms. The molecule has 1 aliphatic heterocycles. The lowest BCUT2D eigenvalue weighted by molar-refractivity contribution is 0.101. The van der Waals surface area contributed by atoms with Gasteiger partial charge in [0.1, 0.15) is 5.69 Å². The lowest BCUT2D eigenvalue weighted by Crippen LogP contribution is -2.31. The second kappa shape index (κ2) is 5.12. The van der Waals surface area contributed by atoms with Gasteiger partial charge in [0.15, 0.2) is 28.6 Å². The number of hydrogen-bond donors (Lipinski definition) is 2. The number of hydrogen-bond acceptors (Lipinski definition) is 8. The van der Waals surface area contributed by atoms with Gasteiger partial charge in [0.25, 0.3) is 0 Å². The molecule has 110 valence electrons. The van der Waals surface area contributed by atoms with Crippen LogP contribution in [0.5, 0.6) is 0 Å². The molecule has 1 saturated heterocycles. The molecule has 0 saturated carbocycles. The summed E-state index contributed by atoms with van der Waals surface area (Å²) >= 11 is 0. The number of carbonyl (C=O) groups excluding carboxylic acids is 1. The monoisotopic (exact) mass is 287 g/mol. The highest BCUT2D eigenvalue weighted by atomic mass is 16.1. The summed E-state index contributed by atoms with van der Waals surface area (Å²) in [6, 6.07) is 0. The van der Waals surface area contributed by atoms with Crippen molar-refractivity contribution in [1.82, 2.24) is 19.9 Å². The number of carbonyl (C=O) groups is 1. The van der Waals surface area contributed by atoms with Gasteiger partial charge >= 0.3 is 0 Å². The van der Waals surface area contributed by atoms with Crippen molar-refractivity contribution in [1.29, 1.82) is 0 Å². The molecule has 1 aliphatic rings. The van der Waals surface area contributed by atoms with Crippen molar-refractivity contribution >= 4 is 34.5 Å². The molecule has 4 N–H and O–H groups in total. The first-order chi connectivity index (χ1) is 10.1. The van der Waals surface area contributed by atoms with E-state index in [0.717, 1.165) is 25.9 Å². The first kappa shape index (κ1) is 13.5. The fourth-order valence-corrected chi connectivity index (χ4v) is 2.46. The van der Waals surface area contributed by atoms with E-state index in [1.54, 1.807) is 0 Å². The number of Topliss-reactive ketones (excluding diaryl/α,β-unsaturated/α-hetero) is 1. The third-order valence-corrected chi connectivity index (χ3v) is 3.55. The average Bonchev–Trinajstić information content (AvgIpc) is 2.47. The van der Waals surface area contributed by atoms with Gasteiger partial charge in [-0.2, -0.15) is 9.97 Å². The average molecular weight is 287 g/mol. The molecule has 8 nitrogen and oxygen atoms in total. The molecular weight excluding hydrogens is 270 g/mol. The Bertz CT molecular complexity index is 709. The van der Waals surface area contributed by atoms with Gasteiger partial charge in [-0.1, -0.05) is 0 Å². The lowest BCUT2D eigenvalue weighted by Gasteiger charge is -2.26. The van der Waals surface area contributed by atoms with Crippen molar-refractivity contribution in [2.24, 2.45) is 0 Å². The molecular formula is C13H17N7O. The largest absolute Gasteiger partial charge is 0.382 e. The van der Waals surface area contributed by atoms with Crippen LogP contribution in [0.15, 0.2) is 0 Å². The maximum Gasteiger partial charge on any atom is 0.229 e. The quantitative estimate of drug-likeness (QED) is 0.776. The van der Waals surface area contributed by atoms with E-state index in [1.165, 1.54) is 13.3 Å². The minimum absolute atomic E-state index is 0.0673. The summed E-state index contributed by atoms with van der Waals surface area (Å²) in [5.74, 6) is 0.568. The second-order valence-electron chi connectivity index (χ2n) is 5.14. The van der Waals surface area contributed by atoms with E-state index in [2.05, 4.69) is 24.8 Å². The van der Waals surface area contributed by atoms with E-state index in [-0.39, 0.29) is 23.1 Å². The zero-order valence-electron chi connectivity index (χ0n) is 11.8. The van der Waals surface area contributed by atoms with Crippen LogP contribution in [0.4, 0.5) is 17.6 Å². The summed E-state index contributed by atoms with van der Waals surface area (Å²) in [6.45, 7) is 3.18. The lowest BCUT2D eigenvalue weighted by atomic mass is 10.1. The fraction of sp³-hybridized carbons (Fsp3) is 0.462. The first-order valence-electron chi connectivity index (χ1n) is 6.93. The molecule has 0 aromatic carbocycles. The Hall–Kier alpha value is -2.51. The minimum atomic E-state index is -0.263. The molecule has 3 heterocycles. The molecule has 0 spiro atoms. The Kier molecular flexibility index (Phi) is 3.28. The van der Waals surface area contributed by atoms with E-state index >= 15 is 0 Å².